The summed E-state index contributed by atoms with van der Waals surface area (Å²) in [4.78, 5) is 26.4. The second-order valence-corrected chi connectivity index (χ2v) is 7.23. The summed E-state index contributed by atoms with van der Waals surface area (Å²) in [6, 6.07) is 17.2. The number of hydrogen-bond donors (Lipinski definition) is 2. The van der Waals surface area contributed by atoms with Gasteiger partial charge in [-0.2, -0.15) is 0 Å². The number of anilines is 1. The third-order valence-corrected chi connectivity index (χ3v) is 5.23. The summed E-state index contributed by atoms with van der Waals surface area (Å²) in [5.74, 6) is 0.383. The highest BCUT2D eigenvalue weighted by Gasteiger charge is 2.34. The molecule has 1 saturated heterocycles. The number of carbonyl (C=O) groups is 2. The van der Waals surface area contributed by atoms with Crippen LogP contribution in [0.5, 0.6) is 0 Å². The van der Waals surface area contributed by atoms with Crippen LogP contribution in [0.25, 0.3) is 0 Å². The second kappa shape index (κ2) is 8.11. The first-order valence-electron chi connectivity index (χ1n) is 9.12. The SMILES string of the molecule is Cl.N[C@@H]1CN(C(=O)c2ccc(NC(=O)C3CC3)cc2)C[C@H]1c1ccccc1. The van der Waals surface area contributed by atoms with E-state index in [0.717, 1.165) is 18.5 Å². The van der Waals surface area contributed by atoms with Crippen molar-refractivity contribution in [1.82, 2.24) is 4.90 Å². The Morgan fingerprint density at radius 1 is 0.963 bits per heavy atom. The van der Waals surface area contributed by atoms with E-state index in [0.29, 0.717) is 18.7 Å². The topological polar surface area (TPSA) is 75.4 Å². The van der Waals surface area contributed by atoms with Crippen LogP contribution < -0.4 is 11.1 Å². The van der Waals surface area contributed by atoms with Gasteiger partial charge in [0.05, 0.1) is 0 Å². The van der Waals surface area contributed by atoms with Crippen LogP contribution in [0.1, 0.15) is 34.7 Å². The van der Waals surface area contributed by atoms with Crippen molar-refractivity contribution in [2.24, 2.45) is 11.7 Å². The number of nitrogens with one attached hydrogen (secondary N) is 1. The van der Waals surface area contributed by atoms with E-state index in [1.165, 1.54) is 5.56 Å². The average molecular weight is 386 g/mol. The van der Waals surface area contributed by atoms with Crippen molar-refractivity contribution in [3.05, 3.63) is 65.7 Å². The lowest BCUT2D eigenvalue weighted by Gasteiger charge is -2.17. The van der Waals surface area contributed by atoms with Gasteiger partial charge in [0.1, 0.15) is 0 Å². The van der Waals surface area contributed by atoms with E-state index in [4.69, 9.17) is 5.73 Å². The number of rotatable bonds is 4. The quantitative estimate of drug-likeness (QED) is 0.849. The van der Waals surface area contributed by atoms with E-state index < -0.39 is 0 Å². The molecule has 0 radical (unpaired) electrons. The van der Waals surface area contributed by atoms with Gasteiger partial charge >= 0.3 is 0 Å². The highest BCUT2D eigenvalue weighted by molar-refractivity contribution is 5.97. The van der Waals surface area contributed by atoms with Gasteiger partial charge in [0.15, 0.2) is 0 Å². The number of benzene rings is 2. The lowest BCUT2D eigenvalue weighted by Crippen LogP contribution is -2.32. The van der Waals surface area contributed by atoms with Crippen molar-refractivity contribution in [3.8, 4) is 0 Å². The average Bonchev–Trinajstić information content (AvgIpc) is 3.45. The van der Waals surface area contributed by atoms with Crippen LogP contribution in [0.2, 0.25) is 0 Å². The van der Waals surface area contributed by atoms with Crippen LogP contribution in [-0.4, -0.2) is 35.8 Å². The summed E-state index contributed by atoms with van der Waals surface area (Å²) < 4.78 is 0. The summed E-state index contributed by atoms with van der Waals surface area (Å²) in [7, 11) is 0. The second-order valence-electron chi connectivity index (χ2n) is 7.23. The van der Waals surface area contributed by atoms with E-state index in [9.17, 15) is 9.59 Å². The van der Waals surface area contributed by atoms with Crippen molar-refractivity contribution in [2.75, 3.05) is 18.4 Å². The van der Waals surface area contributed by atoms with Crippen LogP contribution in [0, 0.1) is 5.92 Å². The molecule has 3 N–H and O–H groups in total. The third kappa shape index (κ3) is 4.31. The fourth-order valence-electron chi connectivity index (χ4n) is 3.52. The lowest BCUT2D eigenvalue weighted by atomic mass is 9.95. The van der Waals surface area contributed by atoms with Crippen molar-refractivity contribution in [1.29, 1.82) is 0 Å². The van der Waals surface area contributed by atoms with Crippen molar-refractivity contribution < 1.29 is 9.59 Å². The number of likely N-dealkylation sites (tertiary alicyclic amines) is 1. The van der Waals surface area contributed by atoms with E-state index in [2.05, 4.69) is 17.4 Å². The molecule has 27 heavy (non-hydrogen) atoms. The Morgan fingerprint density at radius 3 is 2.26 bits per heavy atom. The molecule has 6 heteroatoms. The first-order chi connectivity index (χ1) is 12.6. The predicted molar refractivity (Wildman–Crippen MR) is 108 cm³/mol. The molecule has 2 aromatic carbocycles. The minimum atomic E-state index is -0.0570. The summed E-state index contributed by atoms with van der Waals surface area (Å²) >= 11 is 0. The Labute approximate surface area is 165 Å². The van der Waals surface area contributed by atoms with E-state index in [1.54, 1.807) is 24.3 Å². The first-order valence-corrected chi connectivity index (χ1v) is 9.12. The molecule has 0 aromatic heterocycles. The molecule has 0 unspecified atom stereocenters. The third-order valence-electron chi connectivity index (χ3n) is 5.23. The molecule has 1 heterocycles. The molecule has 2 fully saturated rings. The molecule has 5 nitrogen and oxygen atoms in total. The van der Waals surface area contributed by atoms with Gasteiger partial charge in [0.25, 0.3) is 5.91 Å². The van der Waals surface area contributed by atoms with Gasteiger partial charge in [0.2, 0.25) is 5.91 Å². The number of carbonyl (C=O) groups excluding carboxylic acids is 2. The summed E-state index contributed by atoms with van der Waals surface area (Å²) in [5.41, 5.74) is 8.82. The number of nitrogens with zero attached hydrogens (tertiary/aromatic N) is 1. The zero-order chi connectivity index (χ0) is 18.1. The molecule has 2 aliphatic rings. The molecule has 2 aromatic rings. The standard InChI is InChI=1S/C21H23N3O2.ClH/c22-19-13-24(12-18(19)14-4-2-1-3-5-14)21(26)16-8-10-17(11-9-16)23-20(25)15-6-7-15;/h1-5,8-11,15,18-19H,6-7,12-13,22H2,(H,23,25);1H/t18-,19+;/m0./s1. The fourth-order valence-corrected chi connectivity index (χ4v) is 3.52. The Balaban J connectivity index is 0.00000210. The molecule has 4 rings (SSSR count). The Morgan fingerprint density at radius 2 is 1.63 bits per heavy atom. The summed E-state index contributed by atoms with van der Waals surface area (Å²) in [6.07, 6.45) is 1.94. The zero-order valence-electron chi connectivity index (χ0n) is 15.0. The van der Waals surface area contributed by atoms with Gasteiger partial charge in [-0.15, -0.1) is 12.4 Å². The van der Waals surface area contributed by atoms with Crippen LogP contribution in [0.3, 0.4) is 0 Å². The van der Waals surface area contributed by atoms with Crippen molar-refractivity contribution in [2.45, 2.75) is 24.8 Å². The fraction of sp³-hybridized carbons (Fsp3) is 0.333. The normalized spacial score (nSPS) is 21.4. The smallest absolute Gasteiger partial charge is 0.253 e. The maximum atomic E-state index is 12.8. The number of hydrogen-bond acceptors (Lipinski definition) is 3. The summed E-state index contributed by atoms with van der Waals surface area (Å²) in [5, 5.41) is 2.89. The van der Waals surface area contributed by atoms with Gasteiger partial charge in [-0.05, 0) is 42.7 Å². The summed E-state index contributed by atoms with van der Waals surface area (Å²) in [6.45, 7) is 1.18. The van der Waals surface area contributed by atoms with E-state index in [-0.39, 0.29) is 42.1 Å². The molecule has 142 valence electrons. The minimum absolute atomic E-state index is 0. The van der Waals surface area contributed by atoms with Gasteiger partial charge in [-0.1, -0.05) is 30.3 Å². The first kappa shape index (κ1) is 19.4. The molecule has 1 aliphatic carbocycles. The van der Waals surface area contributed by atoms with E-state index >= 15 is 0 Å². The number of halogens is 1. The predicted octanol–water partition coefficient (Wildman–Crippen LogP) is 3.02. The molecular formula is C21H24ClN3O2. The Hall–Kier alpha value is -2.37. The van der Waals surface area contributed by atoms with Crippen LogP contribution in [0.15, 0.2) is 54.6 Å². The van der Waals surface area contributed by atoms with Crippen LogP contribution in [0.4, 0.5) is 5.69 Å². The molecular weight excluding hydrogens is 362 g/mol. The van der Waals surface area contributed by atoms with Gasteiger partial charge in [-0.3, -0.25) is 9.59 Å². The van der Waals surface area contributed by atoms with Gasteiger partial charge in [-0.25, -0.2) is 0 Å². The Kier molecular flexibility index (Phi) is 5.82. The van der Waals surface area contributed by atoms with Crippen molar-refractivity contribution in [3.63, 3.8) is 0 Å². The van der Waals surface area contributed by atoms with Gasteiger partial charge in [0, 0.05) is 42.2 Å². The van der Waals surface area contributed by atoms with Crippen LogP contribution >= 0.6 is 12.4 Å². The van der Waals surface area contributed by atoms with Crippen LogP contribution in [-0.2, 0) is 4.79 Å². The molecule has 1 saturated carbocycles. The molecule has 0 bridgehead atoms. The van der Waals surface area contributed by atoms with Gasteiger partial charge < -0.3 is 16.0 Å². The molecule has 2 atom stereocenters. The molecule has 0 spiro atoms. The highest BCUT2D eigenvalue weighted by Crippen LogP contribution is 2.30. The van der Waals surface area contributed by atoms with Crippen molar-refractivity contribution >= 4 is 29.9 Å². The Bertz CT molecular complexity index is 806. The monoisotopic (exact) mass is 385 g/mol. The molecule has 1 aliphatic heterocycles. The number of amides is 2. The maximum absolute atomic E-state index is 12.8. The maximum Gasteiger partial charge on any atom is 0.253 e. The number of nitrogens with two attached hydrogens (primary N) is 1. The highest BCUT2D eigenvalue weighted by atomic mass is 35.5. The largest absolute Gasteiger partial charge is 0.336 e. The minimum Gasteiger partial charge on any atom is -0.336 e. The molecule has 2 amide bonds. The lowest BCUT2D eigenvalue weighted by molar-refractivity contribution is -0.117. The zero-order valence-corrected chi connectivity index (χ0v) is 15.8. The van der Waals surface area contributed by atoms with E-state index in [1.807, 2.05) is 23.1 Å².